The molecule has 0 aromatic heterocycles. The fourth-order valence-corrected chi connectivity index (χ4v) is 1.18. The maximum Gasteiger partial charge on any atom is 0.241 e. The highest BCUT2D eigenvalue weighted by Crippen LogP contribution is 2.08. The lowest BCUT2D eigenvalue weighted by Gasteiger charge is -2.10. The molecule has 1 aromatic carbocycles. The molecule has 0 aliphatic rings. The van der Waals surface area contributed by atoms with Gasteiger partial charge in [-0.3, -0.25) is 9.59 Å². The van der Waals surface area contributed by atoms with Gasteiger partial charge in [0, 0.05) is 5.69 Å². The van der Waals surface area contributed by atoms with E-state index >= 15 is 0 Å². The van der Waals surface area contributed by atoms with E-state index in [2.05, 4.69) is 5.32 Å². The normalized spacial score (nSPS) is 11.9. The maximum absolute atomic E-state index is 11.5. The zero-order valence-corrected chi connectivity index (χ0v) is 9.07. The van der Waals surface area contributed by atoms with Gasteiger partial charge in [0.1, 0.15) is 0 Å². The summed E-state index contributed by atoms with van der Waals surface area (Å²) in [4.78, 5) is 22.1. The number of hydrogen-bond acceptors (Lipinski definition) is 3. The van der Waals surface area contributed by atoms with Crippen LogP contribution >= 0.6 is 0 Å². The van der Waals surface area contributed by atoms with Crippen molar-refractivity contribution in [1.82, 2.24) is 0 Å². The molecule has 1 rings (SSSR count). The third-order valence-corrected chi connectivity index (χ3v) is 2.08. The Kier molecular flexibility index (Phi) is 4.02. The Balaban J connectivity index is 2.57. The summed E-state index contributed by atoms with van der Waals surface area (Å²) >= 11 is 0. The number of nitrogens with one attached hydrogen (secondary N) is 1. The standard InChI is InChI=1S/C11H15N3O2/c1-7-2-4-8(5-3-7)14-11(16)9(12)6-10(13)15/h2-5,9H,6,12H2,1H3,(H2,13,15)(H,14,16). The van der Waals surface area contributed by atoms with Crippen molar-refractivity contribution < 1.29 is 9.59 Å². The van der Waals surface area contributed by atoms with Gasteiger partial charge in [0.05, 0.1) is 12.5 Å². The van der Waals surface area contributed by atoms with Gasteiger partial charge in [0.25, 0.3) is 0 Å². The molecule has 0 aliphatic carbocycles. The summed E-state index contributed by atoms with van der Waals surface area (Å²) in [6, 6.07) is 6.37. The molecule has 86 valence electrons. The van der Waals surface area contributed by atoms with Crippen LogP contribution in [0.3, 0.4) is 0 Å². The molecule has 1 unspecified atom stereocenters. The molecule has 5 N–H and O–H groups in total. The van der Waals surface area contributed by atoms with Gasteiger partial charge < -0.3 is 16.8 Å². The highest BCUT2D eigenvalue weighted by molar-refractivity contribution is 5.97. The molecule has 0 saturated carbocycles. The number of anilines is 1. The van der Waals surface area contributed by atoms with Crippen LogP contribution in [-0.4, -0.2) is 17.9 Å². The Hall–Kier alpha value is -1.88. The fraction of sp³-hybridized carbons (Fsp3) is 0.273. The number of benzene rings is 1. The SMILES string of the molecule is Cc1ccc(NC(=O)C(N)CC(N)=O)cc1. The second-order valence-electron chi connectivity index (χ2n) is 3.63. The van der Waals surface area contributed by atoms with Crippen molar-refractivity contribution in [2.45, 2.75) is 19.4 Å². The van der Waals surface area contributed by atoms with E-state index in [4.69, 9.17) is 11.5 Å². The maximum atomic E-state index is 11.5. The van der Waals surface area contributed by atoms with E-state index in [1.807, 2.05) is 19.1 Å². The Morgan fingerprint density at radius 2 is 1.88 bits per heavy atom. The van der Waals surface area contributed by atoms with Gasteiger partial charge >= 0.3 is 0 Å². The molecular formula is C11H15N3O2. The first kappa shape index (κ1) is 12.2. The molecule has 0 heterocycles. The second-order valence-corrected chi connectivity index (χ2v) is 3.63. The lowest BCUT2D eigenvalue weighted by molar-refractivity contribution is -0.123. The van der Waals surface area contributed by atoms with Crippen LogP contribution in [0.15, 0.2) is 24.3 Å². The average Bonchev–Trinajstić information content (AvgIpc) is 2.20. The molecule has 0 fully saturated rings. The summed E-state index contributed by atoms with van der Waals surface area (Å²) in [6.45, 7) is 1.95. The molecule has 0 aliphatic heterocycles. The summed E-state index contributed by atoms with van der Waals surface area (Å²) in [5.41, 5.74) is 12.2. The van der Waals surface area contributed by atoms with Gasteiger partial charge in [-0.25, -0.2) is 0 Å². The number of rotatable bonds is 4. The Bertz CT molecular complexity index is 387. The monoisotopic (exact) mass is 221 g/mol. The average molecular weight is 221 g/mol. The van der Waals surface area contributed by atoms with Crippen molar-refractivity contribution in [3.05, 3.63) is 29.8 Å². The molecule has 5 nitrogen and oxygen atoms in total. The van der Waals surface area contributed by atoms with Gasteiger partial charge in [-0.2, -0.15) is 0 Å². The molecule has 0 spiro atoms. The summed E-state index contributed by atoms with van der Waals surface area (Å²) in [7, 11) is 0. The molecule has 1 atom stereocenters. The lowest BCUT2D eigenvalue weighted by Crippen LogP contribution is -2.38. The van der Waals surface area contributed by atoms with Crippen molar-refractivity contribution >= 4 is 17.5 Å². The van der Waals surface area contributed by atoms with Crippen molar-refractivity contribution in [2.24, 2.45) is 11.5 Å². The quantitative estimate of drug-likeness (QED) is 0.674. The summed E-state index contributed by atoms with van der Waals surface area (Å²) < 4.78 is 0. The van der Waals surface area contributed by atoms with Gasteiger partial charge in [-0.1, -0.05) is 17.7 Å². The van der Waals surface area contributed by atoms with E-state index in [9.17, 15) is 9.59 Å². The van der Waals surface area contributed by atoms with Crippen molar-refractivity contribution in [1.29, 1.82) is 0 Å². The smallest absolute Gasteiger partial charge is 0.241 e. The van der Waals surface area contributed by atoms with Crippen LogP contribution in [0.2, 0.25) is 0 Å². The van der Waals surface area contributed by atoms with Gasteiger partial charge in [-0.15, -0.1) is 0 Å². The number of primary amides is 1. The van der Waals surface area contributed by atoms with Gasteiger partial charge in [-0.05, 0) is 19.1 Å². The number of aryl methyl sites for hydroxylation is 1. The van der Waals surface area contributed by atoms with E-state index in [1.165, 1.54) is 0 Å². The zero-order valence-electron chi connectivity index (χ0n) is 9.07. The van der Waals surface area contributed by atoms with E-state index in [1.54, 1.807) is 12.1 Å². The zero-order chi connectivity index (χ0) is 12.1. The third-order valence-electron chi connectivity index (χ3n) is 2.08. The first-order valence-corrected chi connectivity index (χ1v) is 4.90. The number of carbonyl (C=O) groups is 2. The van der Waals surface area contributed by atoms with Crippen molar-refractivity contribution in [2.75, 3.05) is 5.32 Å². The van der Waals surface area contributed by atoms with Crippen molar-refractivity contribution in [3.8, 4) is 0 Å². The largest absolute Gasteiger partial charge is 0.370 e. The highest BCUT2D eigenvalue weighted by atomic mass is 16.2. The van der Waals surface area contributed by atoms with E-state index in [0.717, 1.165) is 5.56 Å². The molecule has 0 radical (unpaired) electrons. The summed E-state index contributed by atoms with van der Waals surface area (Å²) in [6.07, 6.45) is -0.155. The first-order valence-electron chi connectivity index (χ1n) is 4.90. The number of amides is 2. The Morgan fingerprint density at radius 3 is 2.38 bits per heavy atom. The lowest BCUT2D eigenvalue weighted by atomic mass is 10.2. The molecule has 0 bridgehead atoms. The van der Waals surface area contributed by atoms with Crippen LogP contribution in [-0.2, 0) is 9.59 Å². The van der Waals surface area contributed by atoms with Crippen LogP contribution in [0.25, 0.3) is 0 Å². The van der Waals surface area contributed by atoms with Crippen LogP contribution in [0.4, 0.5) is 5.69 Å². The highest BCUT2D eigenvalue weighted by Gasteiger charge is 2.15. The summed E-state index contributed by atoms with van der Waals surface area (Å²) in [5.74, 6) is -1.01. The van der Waals surface area contributed by atoms with E-state index < -0.39 is 17.9 Å². The Morgan fingerprint density at radius 1 is 1.31 bits per heavy atom. The number of hydrogen-bond donors (Lipinski definition) is 3. The Labute approximate surface area is 93.8 Å². The van der Waals surface area contributed by atoms with Gasteiger partial charge in [0.2, 0.25) is 11.8 Å². The van der Waals surface area contributed by atoms with Gasteiger partial charge in [0.15, 0.2) is 0 Å². The molecule has 2 amide bonds. The predicted molar refractivity (Wildman–Crippen MR) is 61.6 cm³/mol. The molecule has 16 heavy (non-hydrogen) atoms. The van der Waals surface area contributed by atoms with Crippen LogP contribution in [0, 0.1) is 6.92 Å². The van der Waals surface area contributed by atoms with E-state index in [0.29, 0.717) is 5.69 Å². The molecule has 5 heteroatoms. The van der Waals surface area contributed by atoms with Crippen molar-refractivity contribution in [3.63, 3.8) is 0 Å². The predicted octanol–water partition coefficient (Wildman–Crippen LogP) is 0.136. The first-order chi connectivity index (χ1) is 7.49. The fourth-order valence-electron chi connectivity index (χ4n) is 1.18. The van der Waals surface area contributed by atoms with Crippen LogP contribution in [0.5, 0.6) is 0 Å². The van der Waals surface area contributed by atoms with Crippen LogP contribution in [0.1, 0.15) is 12.0 Å². The molecule has 1 aromatic rings. The second kappa shape index (κ2) is 5.27. The minimum Gasteiger partial charge on any atom is -0.370 e. The van der Waals surface area contributed by atoms with E-state index in [-0.39, 0.29) is 6.42 Å². The molecule has 0 saturated heterocycles. The number of nitrogens with two attached hydrogens (primary N) is 2. The number of carbonyl (C=O) groups excluding carboxylic acids is 2. The minimum absolute atomic E-state index is 0.155. The topological polar surface area (TPSA) is 98.2 Å². The minimum atomic E-state index is -0.904. The van der Waals surface area contributed by atoms with Crippen LogP contribution < -0.4 is 16.8 Å². The molecular weight excluding hydrogens is 206 g/mol. The summed E-state index contributed by atoms with van der Waals surface area (Å²) in [5, 5.41) is 2.60. The third kappa shape index (κ3) is 3.70.